The van der Waals surface area contributed by atoms with Crippen molar-refractivity contribution in [2.24, 2.45) is 7.05 Å². The Morgan fingerprint density at radius 3 is 2.83 bits per heavy atom. The van der Waals surface area contributed by atoms with Gasteiger partial charge < -0.3 is 20.0 Å². The van der Waals surface area contributed by atoms with Crippen LogP contribution in [0.3, 0.4) is 0 Å². The number of aromatic amines is 1. The summed E-state index contributed by atoms with van der Waals surface area (Å²) in [6.45, 7) is 0. The highest BCUT2D eigenvalue weighted by Gasteiger charge is 2.09. The molecule has 0 aliphatic rings. The van der Waals surface area contributed by atoms with Gasteiger partial charge in [0.05, 0.1) is 36.7 Å². The van der Waals surface area contributed by atoms with Crippen LogP contribution in [-0.2, 0) is 7.05 Å². The van der Waals surface area contributed by atoms with Crippen LogP contribution in [0.4, 0.5) is 5.69 Å². The van der Waals surface area contributed by atoms with Crippen LogP contribution < -0.4 is 10.5 Å². The molecule has 2 aromatic heterocycles. The fourth-order valence-corrected chi connectivity index (χ4v) is 2.11. The first-order valence-electron chi connectivity index (χ1n) is 5.62. The molecule has 18 heavy (non-hydrogen) atoms. The molecule has 3 N–H and O–H groups in total. The zero-order chi connectivity index (χ0) is 12.7. The molecule has 2 heterocycles. The van der Waals surface area contributed by atoms with E-state index in [2.05, 4.69) is 16.0 Å². The second kappa shape index (κ2) is 3.80. The van der Waals surface area contributed by atoms with Gasteiger partial charge in [0.25, 0.3) is 0 Å². The third-order valence-electron chi connectivity index (χ3n) is 3.06. The first-order valence-corrected chi connectivity index (χ1v) is 5.62. The van der Waals surface area contributed by atoms with E-state index in [0.29, 0.717) is 11.4 Å². The van der Waals surface area contributed by atoms with Crippen molar-refractivity contribution < 1.29 is 4.74 Å². The molecule has 5 heteroatoms. The van der Waals surface area contributed by atoms with Gasteiger partial charge in [0.15, 0.2) is 0 Å². The lowest BCUT2D eigenvalue weighted by Gasteiger charge is -2.03. The van der Waals surface area contributed by atoms with Gasteiger partial charge in [-0.25, -0.2) is 4.98 Å². The van der Waals surface area contributed by atoms with Gasteiger partial charge in [0.2, 0.25) is 0 Å². The van der Waals surface area contributed by atoms with Crippen LogP contribution in [0, 0.1) is 0 Å². The van der Waals surface area contributed by atoms with Crippen LogP contribution in [-0.4, -0.2) is 21.6 Å². The Bertz CT molecular complexity index is 711. The highest BCUT2D eigenvalue weighted by molar-refractivity contribution is 5.89. The average Bonchev–Trinajstić information content (AvgIpc) is 2.93. The fraction of sp³-hybridized carbons (Fsp3) is 0.154. The lowest BCUT2D eigenvalue weighted by atomic mass is 10.2. The molecule has 0 aliphatic carbocycles. The van der Waals surface area contributed by atoms with Crippen molar-refractivity contribution in [3.8, 4) is 17.1 Å². The van der Waals surface area contributed by atoms with Gasteiger partial charge >= 0.3 is 0 Å². The number of hydrogen-bond acceptors (Lipinski definition) is 3. The topological polar surface area (TPSA) is 68.9 Å². The number of aryl methyl sites for hydroxylation is 1. The molecule has 0 spiro atoms. The largest absolute Gasteiger partial charge is 0.495 e. The minimum atomic E-state index is 0.628. The number of nitrogens with zero attached hydrogens (tertiary/aromatic N) is 2. The van der Waals surface area contributed by atoms with Crippen molar-refractivity contribution in [3.05, 3.63) is 30.7 Å². The molecule has 5 nitrogen and oxygen atoms in total. The molecule has 0 radical (unpaired) electrons. The van der Waals surface area contributed by atoms with Crippen LogP contribution in [0.25, 0.3) is 22.3 Å². The maximum absolute atomic E-state index is 5.89. The number of hydrogen-bond donors (Lipinski definition) is 2. The molecule has 0 saturated heterocycles. The Morgan fingerprint density at radius 2 is 2.17 bits per heavy atom. The van der Waals surface area contributed by atoms with Crippen molar-refractivity contribution in [2.75, 3.05) is 12.8 Å². The Hall–Kier alpha value is -2.43. The van der Waals surface area contributed by atoms with E-state index in [1.165, 1.54) is 0 Å². The Balaban J connectivity index is 2.20. The lowest BCUT2D eigenvalue weighted by molar-refractivity contribution is 0.417. The Labute approximate surface area is 104 Å². The number of nitrogens with one attached hydrogen (secondary N) is 1. The fourth-order valence-electron chi connectivity index (χ4n) is 2.11. The minimum Gasteiger partial charge on any atom is -0.495 e. The molecule has 0 unspecified atom stereocenters. The molecular weight excluding hydrogens is 228 g/mol. The van der Waals surface area contributed by atoms with E-state index in [1.54, 1.807) is 13.4 Å². The Kier molecular flexibility index (Phi) is 2.26. The summed E-state index contributed by atoms with van der Waals surface area (Å²) < 4.78 is 7.18. The summed E-state index contributed by atoms with van der Waals surface area (Å²) in [6.07, 6.45) is 3.60. The van der Waals surface area contributed by atoms with Crippen LogP contribution in [0.1, 0.15) is 0 Å². The highest BCUT2D eigenvalue weighted by Crippen LogP contribution is 2.30. The number of fused-ring (bicyclic) bond motifs is 1. The second-order valence-corrected chi connectivity index (χ2v) is 4.25. The normalized spacial score (nSPS) is 11.0. The number of ether oxygens (including phenoxy) is 1. The smallest absolute Gasteiger partial charge is 0.142 e. The van der Waals surface area contributed by atoms with Crippen molar-refractivity contribution in [2.45, 2.75) is 0 Å². The summed E-state index contributed by atoms with van der Waals surface area (Å²) in [7, 11) is 3.58. The number of nitrogens with two attached hydrogens (primary N) is 1. The maximum atomic E-state index is 5.89. The Morgan fingerprint density at radius 1 is 1.33 bits per heavy atom. The summed E-state index contributed by atoms with van der Waals surface area (Å²) in [6, 6.07) is 5.88. The predicted octanol–water partition coefficient (Wildman–Crippen LogP) is 2.16. The molecule has 0 bridgehead atoms. The third kappa shape index (κ3) is 1.52. The van der Waals surface area contributed by atoms with Crippen molar-refractivity contribution in [1.29, 1.82) is 0 Å². The second-order valence-electron chi connectivity index (χ2n) is 4.25. The number of methoxy groups -OCH3 is 1. The van der Waals surface area contributed by atoms with Crippen LogP contribution >= 0.6 is 0 Å². The molecule has 0 saturated carbocycles. The first kappa shape index (κ1) is 10.7. The summed E-state index contributed by atoms with van der Waals surface area (Å²) >= 11 is 0. The standard InChI is InChI=1S/C13H14N4O/c1-17-7-15-6-12(17)11-3-8-4-13(18-2)9(14)5-10(8)16-11/h3-7,16H,14H2,1-2H3. The van der Waals surface area contributed by atoms with E-state index in [-0.39, 0.29) is 0 Å². The SMILES string of the molecule is COc1cc2cc(-c3cncn3C)[nH]c2cc1N. The van der Waals surface area contributed by atoms with Gasteiger partial charge in [-0.3, -0.25) is 0 Å². The summed E-state index contributed by atoms with van der Waals surface area (Å²) in [4.78, 5) is 7.45. The maximum Gasteiger partial charge on any atom is 0.142 e. The van der Waals surface area contributed by atoms with Gasteiger partial charge in [-0.05, 0) is 18.2 Å². The summed E-state index contributed by atoms with van der Waals surface area (Å²) in [5.74, 6) is 0.693. The molecule has 0 atom stereocenters. The molecular formula is C13H14N4O. The monoisotopic (exact) mass is 242 g/mol. The van der Waals surface area contributed by atoms with Gasteiger partial charge in [-0.15, -0.1) is 0 Å². The summed E-state index contributed by atoms with van der Waals surface area (Å²) in [5, 5.41) is 1.07. The molecule has 1 aromatic carbocycles. The third-order valence-corrected chi connectivity index (χ3v) is 3.06. The number of imidazole rings is 1. The lowest BCUT2D eigenvalue weighted by Crippen LogP contribution is -1.91. The molecule has 0 amide bonds. The zero-order valence-corrected chi connectivity index (χ0v) is 10.3. The number of H-pyrrole nitrogens is 1. The molecule has 92 valence electrons. The number of aromatic nitrogens is 3. The first-order chi connectivity index (χ1) is 8.69. The minimum absolute atomic E-state index is 0.628. The van der Waals surface area contributed by atoms with E-state index in [4.69, 9.17) is 10.5 Å². The van der Waals surface area contributed by atoms with Gasteiger partial charge in [0.1, 0.15) is 5.75 Å². The van der Waals surface area contributed by atoms with E-state index in [9.17, 15) is 0 Å². The van der Waals surface area contributed by atoms with E-state index >= 15 is 0 Å². The predicted molar refractivity (Wildman–Crippen MR) is 71.5 cm³/mol. The van der Waals surface area contributed by atoms with E-state index in [0.717, 1.165) is 22.3 Å². The number of nitrogen functional groups attached to an aromatic ring is 1. The molecule has 0 aliphatic heterocycles. The van der Waals surface area contributed by atoms with Crippen LogP contribution in [0.5, 0.6) is 5.75 Å². The average molecular weight is 242 g/mol. The number of anilines is 1. The van der Waals surface area contributed by atoms with Crippen LogP contribution in [0.15, 0.2) is 30.7 Å². The zero-order valence-electron chi connectivity index (χ0n) is 10.3. The number of benzene rings is 1. The van der Waals surface area contributed by atoms with E-state index in [1.807, 2.05) is 29.9 Å². The summed E-state index contributed by atoms with van der Waals surface area (Å²) in [5.41, 5.74) is 9.55. The van der Waals surface area contributed by atoms with Crippen molar-refractivity contribution in [1.82, 2.24) is 14.5 Å². The van der Waals surface area contributed by atoms with Gasteiger partial charge in [0, 0.05) is 18.0 Å². The molecule has 3 rings (SSSR count). The van der Waals surface area contributed by atoms with Gasteiger partial charge in [-0.2, -0.15) is 0 Å². The van der Waals surface area contributed by atoms with E-state index < -0.39 is 0 Å². The van der Waals surface area contributed by atoms with Crippen LogP contribution in [0.2, 0.25) is 0 Å². The molecule has 0 fully saturated rings. The quantitative estimate of drug-likeness (QED) is 0.676. The van der Waals surface area contributed by atoms with Crippen molar-refractivity contribution in [3.63, 3.8) is 0 Å². The number of rotatable bonds is 2. The molecule has 3 aromatic rings. The highest BCUT2D eigenvalue weighted by atomic mass is 16.5. The van der Waals surface area contributed by atoms with Gasteiger partial charge in [-0.1, -0.05) is 0 Å². The van der Waals surface area contributed by atoms with Crippen molar-refractivity contribution >= 4 is 16.6 Å².